The molecule has 6 rings (SSSR count). The van der Waals surface area contributed by atoms with Crippen molar-refractivity contribution in [1.82, 2.24) is 4.57 Å². The summed E-state index contributed by atoms with van der Waals surface area (Å²) >= 11 is 0. The highest BCUT2D eigenvalue weighted by atomic mass is 16.7. The Balaban J connectivity index is 1.12. The van der Waals surface area contributed by atoms with Gasteiger partial charge in [-0.05, 0) is 43.0 Å². The lowest BCUT2D eigenvalue weighted by Crippen LogP contribution is -3.12. The number of carboxylic acids is 1. The Morgan fingerprint density at radius 1 is 1.18 bits per heavy atom. The Bertz CT molecular complexity index is 1250. The molecule has 1 spiro atoms. The fourth-order valence-electron chi connectivity index (χ4n) is 5.60. The molecule has 0 amide bonds. The summed E-state index contributed by atoms with van der Waals surface area (Å²) in [5.74, 6) is -0.909. The van der Waals surface area contributed by atoms with Crippen LogP contribution in [0, 0.1) is 6.92 Å². The van der Waals surface area contributed by atoms with Crippen molar-refractivity contribution in [2.75, 3.05) is 13.1 Å². The predicted octanol–water partition coefficient (Wildman–Crippen LogP) is 3.72. The molecule has 0 atom stereocenters. The number of nitrogens with zero attached hydrogens (tertiary/aromatic N) is 2. The minimum absolute atomic E-state index is 0.205. The van der Waals surface area contributed by atoms with Crippen LogP contribution < -0.4 is 4.90 Å². The number of para-hydroxylation sites is 1. The monoisotopic (exact) mass is 444 g/mol. The smallest absolute Gasteiger partial charge is 0.335 e. The van der Waals surface area contributed by atoms with E-state index in [0.717, 1.165) is 50.2 Å². The van der Waals surface area contributed by atoms with Gasteiger partial charge in [0.25, 0.3) is 0 Å². The first-order chi connectivity index (χ1) is 16.0. The highest BCUT2D eigenvalue weighted by molar-refractivity contribution is 6.02. The molecule has 170 valence electrons. The summed E-state index contributed by atoms with van der Waals surface area (Å²) in [6.07, 6.45) is 7.80. The largest absolute Gasteiger partial charge is 0.478 e. The summed E-state index contributed by atoms with van der Waals surface area (Å²) in [7, 11) is 0. The number of oxime groups is 1. The highest BCUT2D eigenvalue weighted by Gasteiger charge is 2.44. The van der Waals surface area contributed by atoms with E-state index in [4.69, 9.17) is 9.94 Å². The zero-order chi connectivity index (χ0) is 22.6. The fraction of sp³-hybridized carbons (Fsp3) is 0.407. The Hall–Kier alpha value is -3.12. The van der Waals surface area contributed by atoms with Crippen LogP contribution in [0.2, 0.25) is 0 Å². The number of likely N-dealkylation sites (tertiary alicyclic amines) is 1. The lowest BCUT2D eigenvalue weighted by atomic mass is 9.85. The minimum atomic E-state index is -0.909. The van der Waals surface area contributed by atoms with E-state index in [9.17, 15) is 4.79 Å². The molecule has 2 N–H and O–H groups in total. The van der Waals surface area contributed by atoms with Crippen molar-refractivity contribution >= 4 is 22.6 Å². The molecule has 2 fully saturated rings. The van der Waals surface area contributed by atoms with Crippen LogP contribution in [0.15, 0.2) is 53.8 Å². The Labute approximate surface area is 193 Å². The molecule has 1 aromatic heterocycles. The summed E-state index contributed by atoms with van der Waals surface area (Å²) in [6.45, 7) is 5.43. The van der Waals surface area contributed by atoms with E-state index in [1.807, 2.05) is 12.1 Å². The van der Waals surface area contributed by atoms with Crippen molar-refractivity contribution in [3.8, 4) is 0 Å². The number of aromatic nitrogens is 1. The quantitative estimate of drug-likeness (QED) is 0.630. The Kier molecular flexibility index (Phi) is 4.80. The van der Waals surface area contributed by atoms with E-state index in [0.29, 0.717) is 11.6 Å². The molecule has 3 aromatic rings. The van der Waals surface area contributed by atoms with Gasteiger partial charge in [-0.3, -0.25) is 0 Å². The molecule has 2 aromatic carbocycles. The molecule has 1 aliphatic carbocycles. The van der Waals surface area contributed by atoms with Gasteiger partial charge in [0.1, 0.15) is 6.54 Å². The SMILES string of the molecule is Cc1cccc2c(C[NH+]3CCC4(CC3)CC(c3ccc(C(=O)O)cc3)=NO4)cn(C3CC3)c12. The minimum Gasteiger partial charge on any atom is -0.478 e. The summed E-state index contributed by atoms with van der Waals surface area (Å²) < 4.78 is 2.53. The molecule has 6 heteroatoms. The number of quaternary nitrogens is 1. The van der Waals surface area contributed by atoms with Gasteiger partial charge in [0.2, 0.25) is 0 Å². The molecule has 1 saturated heterocycles. The molecule has 0 radical (unpaired) electrons. The van der Waals surface area contributed by atoms with E-state index in [-0.39, 0.29) is 5.60 Å². The van der Waals surface area contributed by atoms with Gasteiger partial charge in [-0.15, -0.1) is 0 Å². The van der Waals surface area contributed by atoms with Crippen LogP contribution in [0.25, 0.3) is 10.9 Å². The first kappa shape index (κ1) is 20.5. The van der Waals surface area contributed by atoms with Crippen LogP contribution >= 0.6 is 0 Å². The van der Waals surface area contributed by atoms with Crippen LogP contribution in [0.4, 0.5) is 0 Å². The van der Waals surface area contributed by atoms with Gasteiger partial charge < -0.3 is 19.4 Å². The average Bonchev–Trinajstić information content (AvgIpc) is 3.49. The van der Waals surface area contributed by atoms with Gasteiger partial charge >= 0.3 is 5.97 Å². The summed E-state index contributed by atoms with van der Waals surface area (Å²) in [5, 5.41) is 14.9. The molecule has 33 heavy (non-hydrogen) atoms. The number of piperidine rings is 1. The second-order valence-corrected chi connectivity index (χ2v) is 10.1. The third-order valence-electron chi connectivity index (χ3n) is 7.69. The Morgan fingerprint density at radius 2 is 1.94 bits per heavy atom. The molecule has 1 saturated carbocycles. The van der Waals surface area contributed by atoms with Crippen molar-refractivity contribution in [2.24, 2.45) is 5.16 Å². The van der Waals surface area contributed by atoms with Gasteiger partial charge in [0, 0.05) is 42.5 Å². The van der Waals surface area contributed by atoms with E-state index in [1.165, 1.54) is 34.9 Å². The number of nitrogens with one attached hydrogen (secondary N) is 1. The van der Waals surface area contributed by atoms with Crippen molar-refractivity contribution in [3.05, 3.63) is 70.9 Å². The van der Waals surface area contributed by atoms with Crippen LogP contribution in [-0.4, -0.2) is 40.0 Å². The van der Waals surface area contributed by atoms with Crippen molar-refractivity contribution in [3.63, 3.8) is 0 Å². The fourth-order valence-corrected chi connectivity index (χ4v) is 5.60. The topological polar surface area (TPSA) is 68.3 Å². The van der Waals surface area contributed by atoms with Gasteiger partial charge in [-0.25, -0.2) is 4.79 Å². The van der Waals surface area contributed by atoms with Gasteiger partial charge in [-0.2, -0.15) is 0 Å². The van der Waals surface area contributed by atoms with Crippen LogP contribution in [0.3, 0.4) is 0 Å². The number of fused-ring (bicyclic) bond motifs is 1. The molecule has 2 aliphatic heterocycles. The third kappa shape index (κ3) is 3.72. The highest BCUT2D eigenvalue weighted by Crippen LogP contribution is 2.40. The van der Waals surface area contributed by atoms with Crippen LogP contribution in [0.5, 0.6) is 0 Å². The van der Waals surface area contributed by atoms with Crippen molar-refractivity contribution in [2.45, 2.75) is 57.2 Å². The lowest BCUT2D eigenvalue weighted by molar-refractivity contribution is -0.920. The standard InChI is InChI=1S/C27H29N3O3/c1-18-3-2-4-23-21(17-30(25(18)23)22-9-10-22)16-29-13-11-27(12-14-29)15-24(28-33-27)19-5-7-20(8-6-19)26(31)32/h2-8,17,22H,9-16H2,1H3,(H,31,32)/p+1. The number of aryl methyl sites for hydroxylation is 1. The average molecular weight is 445 g/mol. The van der Waals surface area contributed by atoms with E-state index >= 15 is 0 Å². The zero-order valence-electron chi connectivity index (χ0n) is 19.0. The number of aromatic carboxylic acids is 1. The van der Waals surface area contributed by atoms with Crippen LogP contribution in [0.1, 0.15) is 65.2 Å². The summed E-state index contributed by atoms with van der Waals surface area (Å²) in [5.41, 5.74) is 6.24. The Morgan fingerprint density at radius 3 is 2.64 bits per heavy atom. The maximum atomic E-state index is 11.1. The molecule has 0 unspecified atom stereocenters. The number of carboxylic acid groups (broad SMARTS) is 1. The molecular weight excluding hydrogens is 414 g/mol. The number of hydrogen-bond acceptors (Lipinski definition) is 3. The first-order valence-electron chi connectivity index (χ1n) is 12.0. The van der Waals surface area contributed by atoms with Crippen molar-refractivity contribution in [1.29, 1.82) is 0 Å². The van der Waals surface area contributed by atoms with Gasteiger partial charge in [-0.1, -0.05) is 35.5 Å². The number of benzene rings is 2. The van der Waals surface area contributed by atoms with E-state index in [1.54, 1.807) is 17.0 Å². The molecule has 6 nitrogen and oxygen atoms in total. The maximum Gasteiger partial charge on any atom is 0.335 e. The first-order valence-corrected chi connectivity index (χ1v) is 12.0. The third-order valence-corrected chi connectivity index (χ3v) is 7.69. The predicted molar refractivity (Wildman–Crippen MR) is 127 cm³/mol. The van der Waals surface area contributed by atoms with Crippen molar-refractivity contribution < 1.29 is 19.6 Å². The number of rotatable bonds is 5. The van der Waals surface area contributed by atoms with Crippen LogP contribution in [-0.2, 0) is 11.4 Å². The van der Waals surface area contributed by atoms with E-state index in [2.05, 4.69) is 41.0 Å². The molecule has 3 heterocycles. The molecule has 3 aliphatic rings. The summed E-state index contributed by atoms with van der Waals surface area (Å²) in [6, 6.07) is 14.3. The van der Waals surface area contributed by atoms with Gasteiger partial charge in [0.15, 0.2) is 5.60 Å². The maximum absolute atomic E-state index is 11.1. The molecular formula is C27H30N3O3+. The number of carbonyl (C=O) groups is 1. The van der Waals surface area contributed by atoms with Gasteiger partial charge in [0.05, 0.1) is 29.9 Å². The second-order valence-electron chi connectivity index (χ2n) is 10.1. The van der Waals surface area contributed by atoms with E-state index < -0.39 is 5.97 Å². The molecule has 0 bridgehead atoms. The summed E-state index contributed by atoms with van der Waals surface area (Å²) in [4.78, 5) is 18.7. The lowest BCUT2D eigenvalue weighted by Gasteiger charge is -2.34. The normalized spacial score (nSPS) is 24.8. The number of hydrogen-bond donors (Lipinski definition) is 2. The second kappa shape index (κ2) is 7.73. The zero-order valence-corrected chi connectivity index (χ0v) is 19.0.